The van der Waals surface area contributed by atoms with Gasteiger partial charge in [0.05, 0.1) is 4.90 Å². The van der Waals surface area contributed by atoms with E-state index in [0.29, 0.717) is 0 Å². The van der Waals surface area contributed by atoms with Gasteiger partial charge in [0.1, 0.15) is 6.29 Å². The number of carbonyl (C=O) groups is 2. The smallest absolute Gasteiger partial charge is 0.195 e. The Bertz CT molecular complexity index is 476. The fourth-order valence-electron chi connectivity index (χ4n) is 1.28. The minimum Gasteiger partial charge on any atom is -0.301 e. The van der Waals surface area contributed by atoms with Crippen LogP contribution < -0.4 is 0 Å². The molecular weight excluding hydrogens is 228 g/mol. The summed E-state index contributed by atoms with van der Waals surface area (Å²) in [6.07, 6.45) is 0.212. The van der Waals surface area contributed by atoms with Gasteiger partial charge in [0.2, 0.25) is 0 Å². The van der Waals surface area contributed by atoms with Gasteiger partial charge in [0.15, 0.2) is 20.9 Å². The van der Waals surface area contributed by atoms with Crippen LogP contribution in [-0.4, -0.2) is 25.7 Å². The lowest BCUT2D eigenvalue weighted by Gasteiger charge is -2.09. The molecule has 0 bridgehead atoms. The number of hydrogen-bond acceptors (Lipinski definition) is 4. The van der Waals surface area contributed by atoms with Crippen LogP contribution in [0.1, 0.15) is 13.3 Å². The molecule has 0 heterocycles. The summed E-state index contributed by atoms with van der Waals surface area (Å²) < 4.78 is 23.8. The Balaban J connectivity index is 3.20. The number of ketones is 1. The molecule has 1 unspecified atom stereocenters. The van der Waals surface area contributed by atoms with Crippen LogP contribution in [0.25, 0.3) is 0 Å². The molecule has 0 radical (unpaired) electrons. The Hall–Kier alpha value is -1.49. The summed E-state index contributed by atoms with van der Waals surface area (Å²) >= 11 is 0. The number of benzene rings is 1. The van der Waals surface area contributed by atoms with E-state index < -0.39 is 20.9 Å². The predicted octanol–water partition coefficient (Wildman–Crippen LogP) is 1.01. The van der Waals surface area contributed by atoms with Gasteiger partial charge >= 0.3 is 0 Å². The maximum atomic E-state index is 11.9. The molecule has 0 N–H and O–H groups in total. The number of rotatable bonds is 5. The standard InChI is InChI=1S/C11H12O4S/c1-2-10(13)11(8-12)16(14,15)9-6-4-3-5-7-9/h3-8,11H,2H2,1H3. The van der Waals surface area contributed by atoms with Gasteiger partial charge in [0, 0.05) is 6.42 Å². The summed E-state index contributed by atoms with van der Waals surface area (Å²) in [5, 5.41) is -1.58. The van der Waals surface area contributed by atoms with E-state index in [-0.39, 0.29) is 17.6 Å². The van der Waals surface area contributed by atoms with Crippen LogP contribution in [-0.2, 0) is 19.4 Å². The summed E-state index contributed by atoms with van der Waals surface area (Å²) in [5.41, 5.74) is 0. The van der Waals surface area contributed by atoms with Crippen LogP contribution >= 0.6 is 0 Å². The fourth-order valence-corrected chi connectivity index (χ4v) is 2.77. The topological polar surface area (TPSA) is 68.3 Å². The van der Waals surface area contributed by atoms with Crippen LogP contribution in [0, 0.1) is 0 Å². The molecule has 0 saturated carbocycles. The molecule has 16 heavy (non-hydrogen) atoms. The highest BCUT2D eigenvalue weighted by Crippen LogP contribution is 2.15. The molecule has 0 aromatic heterocycles. The zero-order valence-corrected chi connectivity index (χ0v) is 9.61. The molecule has 0 saturated heterocycles. The van der Waals surface area contributed by atoms with E-state index in [9.17, 15) is 18.0 Å². The first-order valence-electron chi connectivity index (χ1n) is 4.81. The van der Waals surface area contributed by atoms with Crippen molar-refractivity contribution < 1.29 is 18.0 Å². The van der Waals surface area contributed by atoms with Crippen molar-refractivity contribution in [1.82, 2.24) is 0 Å². The van der Waals surface area contributed by atoms with E-state index in [4.69, 9.17) is 0 Å². The molecule has 4 nitrogen and oxygen atoms in total. The predicted molar refractivity (Wildman–Crippen MR) is 58.8 cm³/mol. The van der Waals surface area contributed by atoms with Gasteiger partial charge in [-0.2, -0.15) is 0 Å². The van der Waals surface area contributed by atoms with E-state index in [2.05, 4.69) is 0 Å². The molecule has 1 aromatic carbocycles. The van der Waals surface area contributed by atoms with Gasteiger partial charge in [-0.05, 0) is 12.1 Å². The van der Waals surface area contributed by atoms with Crippen molar-refractivity contribution in [3.05, 3.63) is 30.3 Å². The van der Waals surface area contributed by atoms with Crippen molar-refractivity contribution in [2.75, 3.05) is 0 Å². The lowest BCUT2D eigenvalue weighted by molar-refractivity contribution is -0.121. The second kappa shape index (κ2) is 5.03. The third kappa shape index (κ3) is 2.36. The Morgan fingerprint density at radius 1 is 1.31 bits per heavy atom. The summed E-state index contributed by atoms with van der Waals surface area (Å²) in [6, 6.07) is 7.50. The molecule has 1 rings (SSSR count). The molecule has 0 fully saturated rings. The van der Waals surface area contributed by atoms with E-state index in [1.54, 1.807) is 18.2 Å². The highest BCUT2D eigenvalue weighted by Gasteiger charge is 2.32. The van der Waals surface area contributed by atoms with Crippen LogP contribution in [0.15, 0.2) is 35.2 Å². The SMILES string of the molecule is CCC(=O)C(C=O)S(=O)(=O)c1ccccc1. The van der Waals surface area contributed by atoms with Gasteiger partial charge in [-0.3, -0.25) is 4.79 Å². The van der Waals surface area contributed by atoms with Crippen molar-refractivity contribution in [3.8, 4) is 0 Å². The van der Waals surface area contributed by atoms with Gasteiger partial charge in [-0.25, -0.2) is 8.42 Å². The molecule has 0 amide bonds. The first-order chi connectivity index (χ1) is 7.54. The van der Waals surface area contributed by atoms with E-state index in [0.717, 1.165) is 0 Å². The summed E-state index contributed by atoms with van der Waals surface area (Å²) in [7, 11) is -3.88. The average molecular weight is 240 g/mol. The second-order valence-electron chi connectivity index (χ2n) is 3.23. The third-order valence-electron chi connectivity index (χ3n) is 2.20. The van der Waals surface area contributed by atoms with Gasteiger partial charge in [-0.1, -0.05) is 25.1 Å². The minimum absolute atomic E-state index is 0.00565. The van der Waals surface area contributed by atoms with Crippen LogP contribution in [0.3, 0.4) is 0 Å². The number of Topliss-reactive ketones (excluding diaryl/α,β-unsaturated/α-hetero) is 1. The first kappa shape index (κ1) is 12.6. The van der Waals surface area contributed by atoms with Crippen molar-refractivity contribution in [3.63, 3.8) is 0 Å². The van der Waals surface area contributed by atoms with E-state index in [1.807, 2.05) is 0 Å². The molecule has 1 atom stereocenters. The zero-order chi connectivity index (χ0) is 12.2. The maximum absolute atomic E-state index is 11.9. The first-order valence-corrected chi connectivity index (χ1v) is 6.35. The van der Waals surface area contributed by atoms with Crippen molar-refractivity contribution in [1.29, 1.82) is 0 Å². The van der Waals surface area contributed by atoms with Gasteiger partial charge in [0.25, 0.3) is 0 Å². The Morgan fingerprint density at radius 3 is 2.31 bits per heavy atom. The monoisotopic (exact) mass is 240 g/mol. The molecule has 0 spiro atoms. The average Bonchev–Trinajstić information content (AvgIpc) is 2.30. The lowest BCUT2D eigenvalue weighted by Crippen LogP contribution is -2.31. The largest absolute Gasteiger partial charge is 0.301 e. The van der Waals surface area contributed by atoms with Crippen LogP contribution in [0.4, 0.5) is 0 Å². The highest BCUT2D eigenvalue weighted by molar-refractivity contribution is 7.93. The van der Waals surface area contributed by atoms with Crippen LogP contribution in [0.5, 0.6) is 0 Å². The number of hydrogen-bond donors (Lipinski definition) is 0. The summed E-state index contributed by atoms with van der Waals surface area (Å²) in [4.78, 5) is 22.1. The Kier molecular flexibility index (Phi) is 3.95. The van der Waals surface area contributed by atoms with Gasteiger partial charge in [-0.15, -0.1) is 0 Å². The molecule has 86 valence electrons. The second-order valence-corrected chi connectivity index (χ2v) is 5.30. The Labute approximate surface area is 94.2 Å². The molecule has 0 aliphatic rings. The lowest BCUT2D eigenvalue weighted by atomic mass is 10.2. The van der Waals surface area contributed by atoms with Gasteiger partial charge < -0.3 is 4.79 Å². The normalized spacial score (nSPS) is 13.1. The molecule has 0 aliphatic heterocycles. The minimum atomic E-state index is -3.88. The highest BCUT2D eigenvalue weighted by atomic mass is 32.2. The molecule has 0 aliphatic carbocycles. The number of carbonyl (C=O) groups excluding carboxylic acids is 2. The fraction of sp³-hybridized carbons (Fsp3) is 0.273. The third-order valence-corrected chi connectivity index (χ3v) is 4.17. The Morgan fingerprint density at radius 2 is 1.88 bits per heavy atom. The molecular formula is C11H12O4S. The zero-order valence-electron chi connectivity index (χ0n) is 8.79. The van der Waals surface area contributed by atoms with Crippen molar-refractivity contribution in [2.45, 2.75) is 23.5 Å². The summed E-state index contributed by atoms with van der Waals surface area (Å²) in [5.74, 6) is -0.584. The van der Waals surface area contributed by atoms with Crippen molar-refractivity contribution in [2.24, 2.45) is 0 Å². The quantitative estimate of drug-likeness (QED) is 0.569. The number of sulfone groups is 1. The van der Waals surface area contributed by atoms with Crippen LogP contribution in [0.2, 0.25) is 0 Å². The van der Waals surface area contributed by atoms with E-state index in [1.165, 1.54) is 19.1 Å². The van der Waals surface area contributed by atoms with Crippen molar-refractivity contribution >= 4 is 21.9 Å². The molecule has 5 heteroatoms. The molecule has 1 aromatic rings. The van der Waals surface area contributed by atoms with E-state index >= 15 is 0 Å². The number of aldehydes is 1. The summed E-state index contributed by atoms with van der Waals surface area (Å²) in [6.45, 7) is 1.53. The maximum Gasteiger partial charge on any atom is 0.195 e.